The summed E-state index contributed by atoms with van der Waals surface area (Å²) in [5.41, 5.74) is 3.73. The lowest BCUT2D eigenvalue weighted by atomic mass is 10.1. The number of hydrogen-bond donors (Lipinski definition) is 1. The number of aryl methyl sites for hydroxylation is 2. The van der Waals surface area contributed by atoms with E-state index in [-0.39, 0.29) is 30.3 Å². The zero-order valence-corrected chi connectivity index (χ0v) is 18.5. The highest BCUT2D eigenvalue weighted by Crippen LogP contribution is 2.21. The van der Waals surface area contributed by atoms with Gasteiger partial charge < -0.3 is 23.8 Å². The largest absolute Gasteiger partial charge is 0.461 e. The number of rotatable bonds is 10. The molecule has 0 bridgehead atoms. The van der Waals surface area contributed by atoms with Crippen LogP contribution in [-0.2, 0) is 20.8 Å². The third kappa shape index (κ3) is 4.99. The SMILES string of the molecule is CCOC(=O)c1[nH]c(C)c(C(=O)OCC(=O)c2cc(C)n(CCCOC)c2C)c1C. The molecule has 0 amide bonds. The number of aromatic amines is 1. The average Bonchev–Trinajstić information content (AvgIpc) is 3.16. The summed E-state index contributed by atoms with van der Waals surface area (Å²) in [5.74, 6) is -1.46. The number of carbonyl (C=O) groups excluding carboxylic acids is 3. The molecule has 0 unspecified atom stereocenters. The van der Waals surface area contributed by atoms with Gasteiger partial charge >= 0.3 is 11.9 Å². The molecule has 164 valence electrons. The highest BCUT2D eigenvalue weighted by Gasteiger charge is 2.25. The van der Waals surface area contributed by atoms with Gasteiger partial charge in [-0.15, -0.1) is 0 Å². The molecule has 30 heavy (non-hydrogen) atoms. The smallest absolute Gasteiger partial charge is 0.355 e. The second-order valence-corrected chi connectivity index (χ2v) is 7.13. The molecule has 0 spiro atoms. The molecule has 2 aromatic rings. The molecule has 2 rings (SSSR count). The van der Waals surface area contributed by atoms with Crippen LogP contribution in [0.15, 0.2) is 6.07 Å². The van der Waals surface area contributed by atoms with Crippen LogP contribution < -0.4 is 0 Å². The molecule has 1 N–H and O–H groups in total. The fourth-order valence-electron chi connectivity index (χ4n) is 3.54. The molecule has 0 saturated heterocycles. The van der Waals surface area contributed by atoms with Crippen molar-refractivity contribution in [3.05, 3.63) is 45.5 Å². The van der Waals surface area contributed by atoms with Crippen LogP contribution in [0.2, 0.25) is 0 Å². The number of Topliss-reactive ketones (excluding diaryl/α,β-unsaturated/α-hetero) is 1. The second-order valence-electron chi connectivity index (χ2n) is 7.13. The summed E-state index contributed by atoms with van der Waals surface area (Å²) in [6, 6.07) is 1.81. The molecule has 0 saturated carbocycles. The van der Waals surface area contributed by atoms with E-state index in [1.165, 1.54) is 0 Å². The van der Waals surface area contributed by atoms with Crippen molar-refractivity contribution in [2.45, 2.75) is 47.6 Å². The van der Waals surface area contributed by atoms with E-state index in [0.717, 1.165) is 24.4 Å². The quantitative estimate of drug-likeness (QED) is 0.361. The number of methoxy groups -OCH3 is 1. The summed E-state index contributed by atoms with van der Waals surface area (Å²) in [5, 5.41) is 0. The van der Waals surface area contributed by atoms with Crippen molar-refractivity contribution < 1.29 is 28.6 Å². The molecule has 8 nitrogen and oxygen atoms in total. The van der Waals surface area contributed by atoms with Crippen LogP contribution in [-0.4, -0.2) is 54.2 Å². The zero-order chi connectivity index (χ0) is 22.4. The third-order valence-electron chi connectivity index (χ3n) is 5.06. The predicted octanol–water partition coefficient (Wildman–Crippen LogP) is 3.30. The Labute approximate surface area is 176 Å². The van der Waals surface area contributed by atoms with Gasteiger partial charge in [-0.25, -0.2) is 9.59 Å². The Balaban J connectivity index is 2.09. The van der Waals surface area contributed by atoms with Gasteiger partial charge in [0, 0.05) is 42.9 Å². The molecule has 2 heterocycles. The highest BCUT2D eigenvalue weighted by atomic mass is 16.5. The van der Waals surface area contributed by atoms with Crippen molar-refractivity contribution in [3.63, 3.8) is 0 Å². The number of carbonyl (C=O) groups is 3. The van der Waals surface area contributed by atoms with E-state index in [1.54, 1.807) is 27.9 Å². The van der Waals surface area contributed by atoms with Gasteiger partial charge in [0.1, 0.15) is 5.69 Å². The zero-order valence-electron chi connectivity index (χ0n) is 18.5. The summed E-state index contributed by atoms with van der Waals surface area (Å²) in [7, 11) is 1.66. The Morgan fingerprint density at radius 1 is 1.07 bits per heavy atom. The van der Waals surface area contributed by atoms with Crippen molar-refractivity contribution in [2.24, 2.45) is 0 Å². The molecule has 0 aliphatic rings. The van der Waals surface area contributed by atoms with E-state index in [2.05, 4.69) is 9.55 Å². The van der Waals surface area contributed by atoms with E-state index < -0.39 is 11.9 Å². The molecule has 0 fully saturated rings. The summed E-state index contributed by atoms with van der Waals surface area (Å²) in [6.45, 7) is 10.1. The molecule has 2 aromatic heterocycles. The van der Waals surface area contributed by atoms with Gasteiger partial charge in [0.15, 0.2) is 6.61 Å². The molecule has 8 heteroatoms. The normalized spacial score (nSPS) is 10.9. The van der Waals surface area contributed by atoms with E-state index in [1.807, 2.05) is 19.9 Å². The molecular formula is C22H30N2O6. The lowest BCUT2D eigenvalue weighted by Crippen LogP contribution is -2.16. The lowest BCUT2D eigenvalue weighted by molar-refractivity contribution is 0.0473. The number of nitrogens with zero attached hydrogens (tertiary/aromatic N) is 1. The highest BCUT2D eigenvalue weighted by molar-refractivity contribution is 6.02. The third-order valence-corrected chi connectivity index (χ3v) is 5.06. The lowest BCUT2D eigenvalue weighted by Gasteiger charge is -2.09. The van der Waals surface area contributed by atoms with Gasteiger partial charge in [0.05, 0.1) is 12.2 Å². The first-order chi connectivity index (χ1) is 14.2. The Kier molecular flexibility index (Phi) is 8.00. The summed E-state index contributed by atoms with van der Waals surface area (Å²) in [4.78, 5) is 40.1. The number of H-pyrrole nitrogens is 1. The van der Waals surface area contributed by atoms with Gasteiger partial charge in [-0.2, -0.15) is 0 Å². The van der Waals surface area contributed by atoms with Crippen LogP contribution in [0.5, 0.6) is 0 Å². The minimum Gasteiger partial charge on any atom is -0.461 e. The van der Waals surface area contributed by atoms with Crippen molar-refractivity contribution in [2.75, 3.05) is 26.9 Å². The molecular weight excluding hydrogens is 388 g/mol. The van der Waals surface area contributed by atoms with Gasteiger partial charge in [-0.3, -0.25) is 4.79 Å². The van der Waals surface area contributed by atoms with E-state index in [9.17, 15) is 14.4 Å². The number of aromatic nitrogens is 2. The van der Waals surface area contributed by atoms with Crippen LogP contribution in [0.25, 0.3) is 0 Å². The molecule has 0 radical (unpaired) electrons. The molecule has 0 aliphatic carbocycles. The molecule has 0 aromatic carbocycles. The Morgan fingerprint density at radius 2 is 1.77 bits per heavy atom. The van der Waals surface area contributed by atoms with Crippen molar-refractivity contribution in [3.8, 4) is 0 Å². The van der Waals surface area contributed by atoms with E-state index in [4.69, 9.17) is 14.2 Å². The van der Waals surface area contributed by atoms with Crippen LogP contribution in [0.4, 0.5) is 0 Å². The summed E-state index contributed by atoms with van der Waals surface area (Å²) >= 11 is 0. The van der Waals surface area contributed by atoms with Gasteiger partial charge in [0.2, 0.25) is 5.78 Å². The maximum absolute atomic E-state index is 12.7. The average molecular weight is 418 g/mol. The van der Waals surface area contributed by atoms with Gasteiger partial charge in [0.25, 0.3) is 0 Å². The Morgan fingerprint density at radius 3 is 2.40 bits per heavy atom. The first-order valence-electron chi connectivity index (χ1n) is 9.95. The standard InChI is InChI=1S/C22H30N2O6/c1-7-29-22(27)20-14(3)19(15(4)23-20)21(26)30-12-18(25)17-11-13(2)24(16(17)5)9-8-10-28-6/h11,23H,7-10,12H2,1-6H3. The van der Waals surface area contributed by atoms with Crippen LogP contribution >= 0.6 is 0 Å². The fraction of sp³-hybridized carbons (Fsp3) is 0.500. The fourth-order valence-corrected chi connectivity index (χ4v) is 3.54. The van der Waals surface area contributed by atoms with Gasteiger partial charge in [-0.1, -0.05) is 0 Å². The maximum Gasteiger partial charge on any atom is 0.355 e. The molecule has 0 atom stereocenters. The number of esters is 2. The van der Waals surface area contributed by atoms with Crippen LogP contribution in [0.1, 0.15) is 67.2 Å². The monoisotopic (exact) mass is 418 g/mol. The van der Waals surface area contributed by atoms with E-state index >= 15 is 0 Å². The second kappa shape index (κ2) is 10.2. The minimum atomic E-state index is -0.654. The maximum atomic E-state index is 12.7. The van der Waals surface area contributed by atoms with E-state index in [0.29, 0.717) is 23.4 Å². The van der Waals surface area contributed by atoms with Crippen molar-refractivity contribution in [1.29, 1.82) is 0 Å². The first kappa shape index (κ1) is 23.4. The first-order valence-corrected chi connectivity index (χ1v) is 9.95. The number of ether oxygens (including phenoxy) is 3. The summed E-state index contributed by atoms with van der Waals surface area (Å²) in [6.07, 6.45) is 0.838. The minimum absolute atomic E-state index is 0.215. The summed E-state index contributed by atoms with van der Waals surface area (Å²) < 4.78 is 17.4. The molecule has 0 aliphatic heterocycles. The van der Waals surface area contributed by atoms with Crippen molar-refractivity contribution >= 4 is 17.7 Å². The van der Waals surface area contributed by atoms with Crippen LogP contribution in [0.3, 0.4) is 0 Å². The predicted molar refractivity (Wildman–Crippen MR) is 111 cm³/mol. The Bertz CT molecular complexity index is 938. The Hall–Kier alpha value is -2.87. The van der Waals surface area contributed by atoms with Crippen LogP contribution in [0, 0.1) is 27.7 Å². The topological polar surface area (TPSA) is 99.6 Å². The number of hydrogen-bond acceptors (Lipinski definition) is 6. The number of nitrogens with one attached hydrogen (secondary N) is 1. The van der Waals surface area contributed by atoms with Crippen molar-refractivity contribution in [1.82, 2.24) is 9.55 Å². The van der Waals surface area contributed by atoms with Gasteiger partial charge in [-0.05, 0) is 52.7 Å². The number of ketones is 1.